The number of benzene rings is 1. The summed E-state index contributed by atoms with van der Waals surface area (Å²) in [7, 11) is 0. The largest absolute Gasteiger partial charge is 0.452 e. The number of amides is 1. The van der Waals surface area contributed by atoms with Gasteiger partial charge in [0, 0.05) is 50.2 Å². The number of carbonyl (C=O) groups is 2. The highest BCUT2D eigenvalue weighted by Gasteiger charge is 2.23. The van der Waals surface area contributed by atoms with Crippen molar-refractivity contribution in [2.45, 2.75) is 6.92 Å². The van der Waals surface area contributed by atoms with E-state index in [1.807, 2.05) is 4.90 Å². The Morgan fingerprint density at radius 1 is 1.18 bits per heavy atom. The van der Waals surface area contributed by atoms with E-state index in [0.29, 0.717) is 37.7 Å². The first-order valence-corrected chi connectivity index (χ1v) is 8.67. The fourth-order valence-electron chi connectivity index (χ4n) is 2.90. The number of esters is 1. The van der Waals surface area contributed by atoms with Crippen LogP contribution in [-0.4, -0.2) is 64.5 Å². The first kappa shape index (κ1) is 19.2. The molecule has 1 saturated heterocycles. The maximum Gasteiger partial charge on any atom is 0.338 e. The predicted octanol–water partition coefficient (Wildman–Crippen LogP) is 1.20. The minimum atomic E-state index is -0.692. The maximum absolute atomic E-state index is 12.3. The Labute approximate surface area is 160 Å². The van der Waals surface area contributed by atoms with E-state index in [0.717, 1.165) is 0 Å². The number of piperazine rings is 1. The van der Waals surface area contributed by atoms with Crippen LogP contribution in [-0.2, 0) is 9.53 Å². The second-order valence-electron chi connectivity index (χ2n) is 6.25. The Morgan fingerprint density at radius 3 is 2.46 bits per heavy atom. The molecular weight excluding hydrogens is 366 g/mol. The number of nitrogens with zero attached hydrogens (tertiary/aromatic N) is 5. The molecular formula is C18H19N5O5. The van der Waals surface area contributed by atoms with Crippen molar-refractivity contribution in [1.29, 1.82) is 0 Å². The number of aryl methyl sites for hydroxylation is 1. The molecule has 2 heterocycles. The summed E-state index contributed by atoms with van der Waals surface area (Å²) < 4.78 is 5.07. The number of nitro benzene ring substituents is 1. The summed E-state index contributed by atoms with van der Waals surface area (Å²) in [5.74, 6) is -0.363. The lowest BCUT2D eigenvalue weighted by atomic mass is 10.1. The zero-order valence-corrected chi connectivity index (χ0v) is 15.3. The first-order valence-electron chi connectivity index (χ1n) is 8.67. The molecule has 0 unspecified atom stereocenters. The van der Waals surface area contributed by atoms with E-state index in [1.165, 1.54) is 25.1 Å². The molecule has 0 saturated carbocycles. The summed E-state index contributed by atoms with van der Waals surface area (Å²) in [4.78, 5) is 46.7. The third kappa shape index (κ3) is 4.40. The zero-order valence-electron chi connectivity index (χ0n) is 15.3. The standard InChI is InChI=1S/C18H19N5O5/c1-13-11-14(3-4-15(13)23(26)27)17(25)28-12-16(24)21-7-9-22(10-8-21)18-19-5-2-6-20-18/h2-6,11H,7-10,12H2,1H3. The molecule has 3 rings (SSSR count). The Morgan fingerprint density at radius 2 is 1.86 bits per heavy atom. The van der Waals surface area contributed by atoms with Gasteiger partial charge < -0.3 is 14.5 Å². The molecule has 0 aliphatic carbocycles. The van der Waals surface area contributed by atoms with E-state index in [-0.39, 0.29) is 23.8 Å². The van der Waals surface area contributed by atoms with Crippen molar-refractivity contribution < 1.29 is 19.2 Å². The van der Waals surface area contributed by atoms with Crippen LogP contribution in [0, 0.1) is 17.0 Å². The van der Waals surface area contributed by atoms with Crippen LogP contribution in [0.1, 0.15) is 15.9 Å². The van der Waals surface area contributed by atoms with Crippen LogP contribution in [0.5, 0.6) is 0 Å². The van der Waals surface area contributed by atoms with Gasteiger partial charge in [0.25, 0.3) is 11.6 Å². The lowest BCUT2D eigenvalue weighted by Gasteiger charge is -2.34. The SMILES string of the molecule is Cc1cc(C(=O)OCC(=O)N2CCN(c3ncccn3)CC2)ccc1[N+](=O)[O-]. The predicted molar refractivity (Wildman–Crippen MR) is 98.9 cm³/mol. The molecule has 0 spiro atoms. The van der Waals surface area contributed by atoms with E-state index >= 15 is 0 Å². The fourth-order valence-corrected chi connectivity index (χ4v) is 2.90. The van der Waals surface area contributed by atoms with Gasteiger partial charge in [-0.2, -0.15) is 0 Å². The van der Waals surface area contributed by atoms with E-state index < -0.39 is 10.9 Å². The molecule has 1 amide bonds. The first-order chi connectivity index (χ1) is 13.5. The third-order valence-corrected chi connectivity index (χ3v) is 4.42. The highest BCUT2D eigenvalue weighted by atomic mass is 16.6. The lowest BCUT2D eigenvalue weighted by molar-refractivity contribution is -0.385. The van der Waals surface area contributed by atoms with Gasteiger partial charge >= 0.3 is 5.97 Å². The number of anilines is 1. The summed E-state index contributed by atoms with van der Waals surface area (Å²) in [6.45, 7) is 3.29. The second kappa shape index (κ2) is 8.42. The van der Waals surface area contributed by atoms with Crippen molar-refractivity contribution >= 4 is 23.5 Å². The molecule has 10 nitrogen and oxygen atoms in total. The summed E-state index contributed by atoms with van der Waals surface area (Å²) >= 11 is 0. The van der Waals surface area contributed by atoms with Crippen molar-refractivity contribution in [3.63, 3.8) is 0 Å². The van der Waals surface area contributed by atoms with Crippen molar-refractivity contribution in [2.75, 3.05) is 37.7 Å². The smallest absolute Gasteiger partial charge is 0.338 e. The number of hydrogen-bond acceptors (Lipinski definition) is 8. The fraction of sp³-hybridized carbons (Fsp3) is 0.333. The van der Waals surface area contributed by atoms with E-state index in [1.54, 1.807) is 23.4 Å². The average molecular weight is 385 g/mol. The van der Waals surface area contributed by atoms with Crippen LogP contribution < -0.4 is 4.90 Å². The Kier molecular flexibility index (Phi) is 5.78. The van der Waals surface area contributed by atoms with Gasteiger partial charge in [0.1, 0.15) is 0 Å². The van der Waals surface area contributed by atoms with Crippen molar-refractivity contribution in [3.05, 3.63) is 57.9 Å². The molecule has 146 valence electrons. The van der Waals surface area contributed by atoms with E-state index in [9.17, 15) is 19.7 Å². The number of nitro groups is 1. The number of ether oxygens (including phenoxy) is 1. The van der Waals surface area contributed by atoms with Gasteiger partial charge in [-0.3, -0.25) is 14.9 Å². The number of aromatic nitrogens is 2. The van der Waals surface area contributed by atoms with Crippen LogP contribution >= 0.6 is 0 Å². The van der Waals surface area contributed by atoms with Crippen molar-refractivity contribution in [3.8, 4) is 0 Å². The highest BCUT2D eigenvalue weighted by molar-refractivity contribution is 5.91. The minimum absolute atomic E-state index is 0.0760. The topological polar surface area (TPSA) is 119 Å². The molecule has 10 heteroatoms. The molecule has 28 heavy (non-hydrogen) atoms. The highest BCUT2D eigenvalue weighted by Crippen LogP contribution is 2.19. The molecule has 1 aliphatic heterocycles. The van der Waals surface area contributed by atoms with Crippen LogP contribution in [0.4, 0.5) is 11.6 Å². The minimum Gasteiger partial charge on any atom is -0.452 e. The monoisotopic (exact) mass is 385 g/mol. The molecule has 1 fully saturated rings. The quantitative estimate of drug-likeness (QED) is 0.428. The summed E-state index contributed by atoms with van der Waals surface area (Å²) in [6, 6.07) is 5.68. The lowest BCUT2D eigenvalue weighted by Crippen LogP contribution is -2.50. The summed E-state index contributed by atoms with van der Waals surface area (Å²) in [5.41, 5.74) is 0.444. The van der Waals surface area contributed by atoms with Gasteiger partial charge in [0.05, 0.1) is 10.5 Å². The van der Waals surface area contributed by atoms with Gasteiger partial charge in [0.2, 0.25) is 5.95 Å². The number of carbonyl (C=O) groups excluding carboxylic acids is 2. The maximum atomic E-state index is 12.3. The second-order valence-corrected chi connectivity index (χ2v) is 6.25. The zero-order chi connectivity index (χ0) is 20.1. The van der Waals surface area contributed by atoms with Crippen LogP contribution in [0.15, 0.2) is 36.7 Å². The van der Waals surface area contributed by atoms with Crippen molar-refractivity contribution in [2.24, 2.45) is 0 Å². The molecule has 0 radical (unpaired) electrons. The Hall–Kier alpha value is -3.56. The van der Waals surface area contributed by atoms with Gasteiger partial charge in [-0.1, -0.05) is 0 Å². The van der Waals surface area contributed by atoms with E-state index in [4.69, 9.17) is 4.74 Å². The summed E-state index contributed by atoms with van der Waals surface area (Å²) in [6.07, 6.45) is 3.33. The molecule has 1 aliphatic rings. The Balaban J connectivity index is 1.50. The van der Waals surface area contributed by atoms with E-state index in [2.05, 4.69) is 9.97 Å². The Bertz CT molecular complexity index is 881. The van der Waals surface area contributed by atoms with Gasteiger partial charge in [-0.15, -0.1) is 0 Å². The third-order valence-electron chi connectivity index (χ3n) is 4.42. The van der Waals surface area contributed by atoms with Crippen LogP contribution in [0.3, 0.4) is 0 Å². The number of rotatable bonds is 5. The normalized spacial score (nSPS) is 13.9. The van der Waals surface area contributed by atoms with Crippen molar-refractivity contribution in [1.82, 2.24) is 14.9 Å². The molecule has 1 aromatic heterocycles. The molecule has 2 aromatic rings. The van der Waals surface area contributed by atoms with Gasteiger partial charge in [-0.05, 0) is 25.1 Å². The van der Waals surface area contributed by atoms with Gasteiger partial charge in [-0.25, -0.2) is 14.8 Å². The van der Waals surface area contributed by atoms with Crippen LogP contribution in [0.25, 0.3) is 0 Å². The molecule has 0 N–H and O–H groups in total. The van der Waals surface area contributed by atoms with Gasteiger partial charge in [0.15, 0.2) is 6.61 Å². The molecule has 1 aromatic carbocycles. The van der Waals surface area contributed by atoms with Crippen LogP contribution in [0.2, 0.25) is 0 Å². The summed E-state index contributed by atoms with van der Waals surface area (Å²) in [5, 5.41) is 10.8. The number of hydrogen-bond donors (Lipinski definition) is 0. The average Bonchev–Trinajstić information content (AvgIpc) is 2.72. The molecule has 0 bridgehead atoms. The molecule has 0 atom stereocenters.